The van der Waals surface area contributed by atoms with Gasteiger partial charge in [0.15, 0.2) is 11.2 Å². The predicted molar refractivity (Wildman–Crippen MR) is 136 cm³/mol. The van der Waals surface area contributed by atoms with E-state index in [4.69, 9.17) is 13.9 Å². The smallest absolute Gasteiger partial charge is 0.341 e. The lowest BCUT2D eigenvalue weighted by atomic mass is 10.2. The first-order valence-corrected chi connectivity index (χ1v) is 11.8. The van der Waals surface area contributed by atoms with Gasteiger partial charge in [-0.2, -0.15) is 4.99 Å². The molecule has 37 heavy (non-hydrogen) atoms. The molecule has 0 aliphatic carbocycles. The Balaban J connectivity index is 1.82. The molecule has 5 aromatic rings. The van der Waals surface area contributed by atoms with Crippen LogP contribution in [0.2, 0.25) is 0 Å². The maximum atomic E-state index is 13.4. The number of pyridine rings is 2. The van der Waals surface area contributed by atoms with Crippen LogP contribution < -0.4 is 11.0 Å². The van der Waals surface area contributed by atoms with Crippen LogP contribution in [0.15, 0.2) is 75.0 Å². The van der Waals surface area contributed by atoms with Crippen molar-refractivity contribution in [2.45, 2.75) is 19.9 Å². The van der Waals surface area contributed by atoms with Gasteiger partial charge in [0.2, 0.25) is 0 Å². The van der Waals surface area contributed by atoms with Gasteiger partial charge >= 0.3 is 11.9 Å². The van der Waals surface area contributed by atoms with Gasteiger partial charge in [0.25, 0.3) is 5.56 Å². The quantitative estimate of drug-likeness (QED) is 0.191. The van der Waals surface area contributed by atoms with Crippen molar-refractivity contribution in [3.63, 3.8) is 0 Å². The minimum atomic E-state index is -0.710. The summed E-state index contributed by atoms with van der Waals surface area (Å²) in [6.45, 7) is 2.46. The Labute approximate surface area is 210 Å². The molecular formula is C27H24N4O6. The molecule has 0 aliphatic rings. The summed E-state index contributed by atoms with van der Waals surface area (Å²) in [7, 11) is 1.58. The zero-order valence-corrected chi connectivity index (χ0v) is 20.3. The summed E-state index contributed by atoms with van der Waals surface area (Å²) in [4.78, 5) is 48.7. The summed E-state index contributed by atoms with van der Waals surface area (Å²) < 4.78 is 19.1. The number of amides is 1. The number of para-hydroxylation sites is 1. The Bertz CT molecular complexity index is 1750. The molecular weight excluding hydrogens is 476 g/mol. The molecule has 0 fully saturated rings. The number of hydrogen-bond acceptors (Lipinski definition) is 7. The Hall–Kier alpha value is -4.57. The van der Waals surface area contributed by atoms with Crippen LogP contribution in [0.25, 0.3) is 27.6 Å². The fraction of sp³-hybridized carbons (Fsp3) is 0.222. The van der Waals surface area contributed by atoms with E-state index < -0.39 is 11.9 Å². The fourth-order valence-corrected chi connectivity index (χ4v) is 4.17. The molecule has 0 saturated heterocycles. The number of methoxy groups -OCH3 is 1. The molecule has 4 aromatic heterocycles. The first-order chi connectivity index (χ1) is 18.0. The number of aryl methyl sites for hydroxylation is 1. The number of benzene rings is 1. The average Bonchev–Trinajstić information content (AvgIpc) is 3.35. The Morgan fingerprint density at radius 1 is 1.11 bits per heavy atom. The Kier molecular flexibility index (Phi) is 6.65. The van der Waals surface area contributed by atoms with Crippen LogP contribution in [0.4, 0.5) is 0 Å². The normalized spacial score (nSPS) is 12.0. The first kappa shape index (κ1) is 24.1. The molecule has 1 aromatic carbocycles. The number of carbonyl (C=O) groups is 2. The van der Waals surface area contributed by atoms with Gasteiger partial charge in [0.1, 0.15) is 22.4 Å². The van der Waals surface area contributed by atoms with Gasteiger partial charge in [0.05, 0.1) is 12.0 Å². The van der Waals surface area contributed by atoms with Crippen LogP contribution in [0.5, 0.6) is 0 Å². The number of aromatic nitrogens is 3. The molecule has 0 saturated carbocycles. The largest absolute Gasteiger partial charge is 0.462 e. The third-order valence-electron chi connectivity index (χ3n) is 5.86. The minimum absolute atomic E-state index is 0.0195. The second-order valence-corrected chi connectivity index (χ2v) is 8.25. The van der Waals surface area contributed by atoms with Crippen LogP contribution in [0.3, 0.4) is 0 Å². The monoisotopic (exact) mass is 500 g/mol. The molecule has 0 N–H and O–H groups in total. The SMILES string of the molecule is CCOC(=O)c1cc2c(=O)n3ccccc3nc2n(CCCOC)c1=NC(=O)c1cc2ccccc2o1. The predicted octanol–water partition coefficient (Wildman–Crippen LogP) is 3.35. The first-order valence-electron chi connectivity index (χ1n) is 11.8. The zero-order chi connectivity index (χ0) is 25.9. The number of carbonyl (C=O) groups excluding carboxylic acids is 2. The molecule has 4 heterocycles. The lowest BCUT2D eigenvalue weighted by molar-refractivity contribution is 0.0523. The molecule has 0 unspecified atom stereocenters. The van der Waals surface area contributed by atoms with Gasteiger partial charge in [0, 0.05) is 31.8 Å². The summed E-state index contributed by atoms with van der Waals surface area (Å²) >= 11 is 0. The van der Waals surface area contributed by atoms with Crippen LogP contribution in [-0.2, 0) is 16.0 Å². The van der Waals surface area contributed by atoms with Gasteiger partial charge in [-0.15, -0.1) is 0 Å². The highest BCUT2D eigenvalue weighted by Gasteiger charge is 2.21. The van der Waals surface area contributed by atoms with E-state index in [0.29, 0.717) is 24.3 Å². The Morgan fingerprint density at radius 2 is 1.92 bits per heavy atom. The van der Waals surface area contributed by atoms with E-state index in [1.54, 1.807) is 61.2 Å². The zero-order valence-electron chi connectivity index (χ0n) is 20.3. The number of nitrogens with zero attached hydrogens (tertiary/aromatic N) is 4. The van der Waals surface area contributed by atoms with Crippen molar-refractivity contribution in [3.05, 3.63) is 88.0 Å². The number of hydrogen-bond donors (Lipinski definition) is 0. The second kappa shape index (κ2) is 10.2. The summed E-state index contributed by atoms with van der Waals surface area (Å²) in [5.41, 5.74) is 0.891. The molecule has 0 atom stereocenters. The van der Waals surface area contributed by atoms with Gasteiger partial charge in [-0.05, 0) is 43.7 Å². The highest BCUT2D eigenvalue weighted by molar-refractivity contribution is 5.98. The average molecular weight is 501 g/mol. The molecule has 1 amide bonds. The maximum absolute atomic E-state index is 13.4. The van der Waals surface area contributed by atoms with E-state index in [1.807, 2.05) is 12.1 Å². The third kappa shape index (κ3) is 4.54. The molecule has 10 heteroatoms. The van der Waals surface area contributed by atoms with Crippen molar-refractivity contribution in [2.24, 2.45) is 4.99 Å². The highest BCUT2D eigenvalue weighted by atomic mass is 16.5. The second-order valence-electron chi connectivity index (χ2n) is 8.25. The van der Waals surface area contributed by atoms with Crippen molar-refractivity contribution in [3.8, 4) is 0 Å². The number of ether oxygens (including phenoxy) is 2. The van der Waals surface area contributed by atoms with Crippen LogP contribution in [0, 0.1) is 0 Å². The fourth-order valence-electron chi connectivity index (χ4n) is 4.17. The van der Waals surface area contributed by atoms with Crippen molar-refractivity contribution in [1.82, 2.24) is 14.0 Å². The molecule has 5 rings (SSSR count). The van der Waals surface area contributed by atoms with E-state index in [2.05, 4.69) is 9.98 Å². The van der Waals surface area contributed by atoms with Crippen molar-refractivity contribution in [1.29, 1.82) is 0 Å². The van der Waals surface area contributed by atoms with E-state index in [0.717, 1.165) is 5.39 Å². The Morgan fingerprint density at radius 3 is 2.70 bits per heavy atom. The van der Waals surface area contributed by atoms with E-state index >= 15 is 0 Å². The molecule has 0 aliphatic heterocycles. The van der Waals surface area contributed by atoms with E-state index in [9.17, 15) is 14.4 Å². The van der Waals surface area contributed by atoms with Gasteiger partial charge < -0.3 is 18.5 Å². The molecule has 0 spiro atoms. The summed E-state index contributed by atoms with van der Waals surface area (Å²) in [5, 5.41) is 0.943. The van der Waals surface area contributed by atoms with Crippen LogP contribution in [-0.4, -0.2) is 46.2 Å². The van der Waals surface area contributed by atoms with Gasteiger partial charge in [-0.25, -0.2) is 9.78 Å². The third-order valence-corrected chi connectivity index (χ3v) is 5.86. The molecule has 0 radical (unpaired) electrons. The topological polar surface area (TPSA) is 117 Å². The molecule has 10 nitrogen and oxygen atoms in total. The number of fused-ring (bicyclic) bond motifs is 3. The van der Waals surface area contributed by atoms with E-state index in [-0.39, 0.29) is 46.6 Å². The lowest BCUT2D eigenvalue weighted by Crippen LogP contribution is -2.33. The van der Waals surface area contributed by atoms with Crippen LogP contribution >= 0.6 is 0 Å². The van der Waals surface area contributed by atoms with Crippen molar-refractivity contribution < 1.29 is 23.5 Å². The van der Waals surface area contributed by atoms with Crippen LogP contribution in [0.1, 0.15) is 34.3 Å². The van der Waals surface area contributed by atoms with Gasteiger partial charge in [-0.1, -0.05) is 24.3 Å². The summed E-state index contributed by atoms with van der Waals surface area (Å²) in [6.07, 6.45) is 2.12. The standard InChI is InChI=1S/C27H24N4O6/c1-3-36-27(34)19-16-18-23(28-22-11-6-7-12-30(22)26(18)33)31(13-8-14-35-2)24(19)29-25(32)21-15-17-9-4-5-10-20(17)37-21/h4-7,9-12,15-16H,3,8,13-14H2,1-2H3. The van der Waals surface area contributed by atoms with Crippen molar-refractivity contribution in [2.75, 3.05) is 20.3 Å². The van der Waals surface area contributed by atoms with Gasteiger partial charge in [-0.3, -0.25) is 14.0 Å². The maximum Gasteiger partial charge on any atom is 0.341 e. The number of furan rings is 1. The molecule has 188 valence electrons. The summed E-state index contributed by atoms with van der Waals surface area (Å²) in [6, 6.07) is 15.4. The van der Waals surface area contributed by atoms with E-state index in [1.165, 1.54) is 10.5 Å². The summed E-state index contributed by atoms with van der Waals surface area (Å²) in [5.74, 6) is -1.37. The van der Waals surface area contributed by atoms with Crippen molar-refractivity contribution >= 4 is 39.5 Å². The highest BCUT2D eigenvalue weighted by Crippen LogP contribution is 2.19. The molecule has 0 bridgehead atoms. The minimum Gasteiger partial charge on any atom is -0.462 e. The lowest BCUT2D eigenvalue weighted by Gasteiger charge is -2.15. The number of esters is 1. The number of rotatable bonds is 7.